The third-order valence-corrected chi connectivity index (χ3v) is 2.55. The lowest BCUT2D eigenvalue weighted by atomic mass is 10.2. The summed E-state index contributed by atoms with van der Waals surface area (Å²) in [4.78, 5) is 4.07. The summed E-state index contributed by atoms with van der Waals surface area (Å²) >= 11 is 0. The molecular formula is C17H27N3. The summed E-state index contributed by atoms with van der Waals surface area (Å²) in [6.45, 7) is 12.1. The van der Waals surface area contributed by atoms with Crippen molar-refractivity contribution in [2.24, 2.45) is 15.2 Å². The Bertz CT molecular complexity index is 385. The van der Waals surface area contributed by atoms with Gasteiger partial charge in [0.2, 0.25) is 0 Å². The molecule has 0 radical (unpaired) electrons. The first-order chi connectivity index (χ1) is 9.49. The molecule has 0 atom stereocenters. The number of aliphatic imine (C=N–C) groups is 1. The van der Waals surface area contributed by atoms with Gasteiger partial charge < -0.3 is 0 Å². The van der Waals surface area contributed by atoms with Crippen molar-refractivity contribution in [2.45, 2.75) is 54.4 Å². The van der Waals surface area contributed by atoms with E-state index in [2.05, 4.69) is 48.1 Å². The minimum Gasteiger partial charge on any atom is -0.266 e. The molecule has 1 aliphatic carbocycles. The highest BCUT2D eigenvalue weighted by atomic mass is 15.2. The molecule has 1 heterocycles. The van der Waals surface area contributed by atoms with E-state index in [0.29, 0.717) is 0 Å². The number of rotatable bonds is 1. The highest BCUT2D eigenvalue weighted by molar-refractivity contribution is 5.86. The molecule has 0 bridgehead atoms. The van der Waals surface area contributed by atoms with Gasteiger partial charge in [0.1, 0.15) is 0 Å². The van der Waals surface area contributed by atoms with Crippen molar-refractivity contribution in [1.29, 1.82) is 0 Å². The van der Waals surface area contributed by atoms with Gasteiger partial charge in [0.25, 0.3) is 0 Å². The van der Waals surface area contributed by atoms with Crippen LogP contribution in [0.2, 0.25) is 0 Å². The molecular weight excluding hydrogens is 246 g/mol. The Labute approximate surface area is 123 Å². The van der Waals surface area contributed by atoms with E-state index in [4.69, 9.17) is 0 Å². The summed E-state index contributed by atoms with van der Waals surface area (Å²) in [7, 11) is 0. The predicted octanol–water partition coefficient (Wildman–Crippen LogP) is 5.12. The quantitative estimate of drug-likeness (QED) is 0.470. The van der Waals surface area contributed by atoms with Crippen LogP contribution in [0.15, 0.2) is 50.3 Å². The van der Waals surface area contributed by atoms with Crippen LogP contribution in [0.25, 0.3) is 0 Å². The van der Waals surface area contributed by atoms with Crippen LogP contribution in [0.1, 0.15) is 54.4 Å². The normalized spacial score (nSPS) is 16.9. The van der Waals surface area contributed by atoms with Crippen molar-refractivity contribution >= 4 is 18.1 Å². The highest BCUT2D eigenvalue weighted by Crippen LogP contribution is 2.16. The zero-order valence-electron chi connectivity index (χ0n) is 13.6. The van der Waals surface area contributed by atoms with E-state index in [1.165, 1.54) is 28.9 Å². The summed E-state index contributed by atoms with van der Waals surface area (Å²) in [5.41, 5.74) is 5.57. The average Bonchev–Trinajstić information content (AvgIpc) is 2.96. The van der Waals surface area contributed by atoms with Gasteiger partial charge in [-0.1, -0.05) is 23.3 Å². The van der Waals surface area contributed by atoms with E-state index < -0.39 is 0 Å². The minimum absolute atomic E-state index is 1.08. The molecule has 2 rings (SSSR count). The molecule has 0 unspecified atom stereocenters. The van der Waals surface area contributed by atoms with Gasteiger partial charge in [-0.15, -0.1) is 0 Å². The molecule has 0 N–H and O–H groups in total. The van der Waals surface area contributed by atoms with Crippen molar-refractivity contribution in [1.82, 2.24) is 0 Å². The monoisotopic (exact) mass is 273 g/mol. The Hall–Kier alpha value is -1.77. The Morgan fingerprint density at radius 2 is 1.35 bits per heavy atom. The van der Waals surface area contributed by atoms with Gasteiger partial charge in [0, 0.05) is 30.8 Å². The van der Waals surface area contributed by atoms with Crippen LogP contribution in [0.4, 0.5) is 0 Å². The maximum atomic E-state index is 4.07. The van der Waals surface area contributed by atoms with E-state index in [1.54, 1.807) is 12.4 Å². The number of hydrogen-bond donors (Lipinski definition) is 0. The molecule has 0 aromatic rings. The molecule has 0 amide bonds. The van der Waals surface area contributed by atoms with Crippen LogP contribution in [-0.4, -0.2) is 18.1 Å². The van der Waals surface area contributed by atoms with E-state index >= 15 is 0 Å². The zero-order valence-corrected chi connectivity index (χ0v) is 13.6. The molecule has 0 aromatic carbocycles. The highest BCUT2D eigenvalue weighted by Gasteiger charge is 1.97. The van der Waals surface area contributed by atoms with Crippen LogP contribution < -0.4 is 0 Å². The Morgan fingerprint density at radius 3 is 1.50 bits per heavy atom. The van der Waals surface area contributed by atoms with Gasteiger partial charge in [-0.25, -0.2) is 0 Å². The lowest BCUT2D eigenvalue weighted by Gasteiger charge is -1.87. The van der Waals surface area contributed by atoms with Gasteiger partial charge in [0.15, 0.2) is 0 Å². The summed E-state index contributed by atoms with van der Waals surface area (Å²) in [5.74, 6) is 0. The molecule has 0 aromatic heterocycles. The van der Waals surface area contributed by atoms with Crippen LogP contribution in [0, 0.1) is 0 Å². The van der Waals surface area contributed by atoms with Crippen molar-refractivity contribution < 1.29 is 0 Å². The Kier molecular flexibility index (Phi) is 10.1. The molecule has 0 spiro atoms. The summed E-state index contributed by atoms with van der Waals surface area (Å²) in [6.07, 6.45) is 11.8. The Morgan fingerprint density at radius 1 is 0.850 bits per heavy atom. The molecule has 0 saturated heterocycles. The maximum Gasteiger partial charge on any atom is 0.0260 e. The lowest BCUT2D eigenvalue weighted by Crippen LogP contribution is -1.82. The molecule has 0 saturated carbocycles. The van der Waals surface area contributed by atoms with Gasteiger partial charge in [0.05, 0.1) is 0 Å². The topological polar surface area (TPSA) is 37.1 Å². The fraction of sp³-hybridized carbons (Fsp3) is 0.471. The second kappa shape index (κ2) is 11.1. The standard InChI is InChI=1S/C7H10.C6H9N.C4H8N2/c1-6-3-4-7(2)5-6;1-5-3-6(2)7-4-5;1-3-5-6-4-2/h3-4H,5H2,1-2H3;4H,3H2,1-2H3;3-4H,1-2H3/b;;5-3-,6-4-. The minimum atomic E-state index is 1.08. The van der Waals surface area contributed by atoms with Crippen molar-refractivity contribution in [2.75, 3.05) is 0 Å². The van der Waals surface area contributed by atoms with E-state index in [-0.39, 0.29) is 0 Å². The average molecular weight is 273 g/mol. The first-order valence-electron chi connectivity index (χ1n) is 6.97. The molecule has 20 heavy (non-hydrogen) atoms. The third kappa shape index (κ3) is 10.2. The van der Waals surface area contributed by atoms with Gasteiger partial charge in [-0.05, 0) is 53.5 Å². The van der Waals surface area contributed by atoms with Gasteiger partial charge >= 0.3 is 0 Å². The third-order valence-electron chi connectivity index (χ3n) is 2.55. The fourth-order valence-corrected chi connectivity index (χ4v) is 1.69. The van der Waals surface area contributed by atoms with Crippen LogP contribution in [0.3, 0.4) is 0 Å². The predicted molar refractivity (Wildman–Crippen MR) is 91.9 cm³/mol. The molecule has 3 heteroatoms. The van der Waals surface area contributed by atoms with Crippen molar-refractivity contribution in [3.8, 4) is 0 Å². The van der Waals surface area contributed by atoms with Crippen molar-refractivity contribution in [3.05, 3.63) is 35.1 Å². The SMILES string of the molecule is C/C=N\N=C/C.CC1=CC=C(C)C1.CC1=CN=C(C)C1. The van der Waals surface area contributed by atoms with E-state index in [9.17, 15) is 0 Å². The molecule has 3 nitrogen and oxygen atoms in total. The fourth-order valence-electron chi connectivity index (χ4n) is 1.69. The number of hydrogen-bond acceptors (Lipinski definition) is 3. The summed E-state index contributed by atoms with van der Waals surface area (Å²) < 4.78 is 0. The summed E-state index contributed by atoms with van der Waals surface area (Å²) in [5, 5.41) is 7.07. The van der Waals surface area contributed by atoms with Crippen LogP contribution in [0.5, 0.6) is 0 Å². The van der Waals surface area contributed by atoms with Crippen LogP contribution in [-0.2, 0) is 0 Å². The molecule has 1 aliphatic heterocycles. The van der Waals surface area contributed by atoms with Crippen LogP contribution >= 0.6 is 0 Å². The number of nitrogens with zero attached hydrogens (tertiary/aromatic N) is 3. The Balaban J connectivity index is 0.000000272. The first kappa shape index (κ1) is 18.2. The summed E-state index contributed by atoms with van der Waals surface area (Å²) in [6, 6.07) is 0. The molecule has 0 fully saturated rings. The molecule has 2 aliphatic rings. The van der Waals surface area contributed by atoms with Crippen molar-refractivity contribution in [3.63, 3.8) is 0 Å². The second-order valence-electron chi connectivity index (χ2n) is 4.97. The maximum absolute atomic E-state index is 4.07. The molecule has 110 valence electrons. The largest absolute Gasteiger partial charge is 0.266 e. The smallest absolute Gasteiger partial charge is 0.0260 e. The lowest BCUT2D eigenvalue weighted by molar-refractivity contribution is 1.15. The van der Waals surface area contributed by atoms with Gasteiger partial charge in [-0.3, -0.25) is 4.99 Å². The first-order valence-corrected chi connectivity index (χ1v) is 6.97. The van der Waals surface area contributed by atoms with E-state index in [1.807, 2.05) is 27.0 Å². The van der Waals surface area contributed by atoms with E-state index in [0.717, 1.165) is 6.42 Å². The number of allylic oxidation sites excluding steroid dienone is 5. The van der Waals surface area contributed by atoms with Gasteiger partial charge in [-0.2, -0.15) is 10.2 Å². The second-order valence-corrected chi connectivity index (χ2v) is 4.97. The zero-order chi connectivity index (χ0) is 15.4.